The lowest BCUT2D eigenvalue weighted by Gasteiger charge is -2.18. The second-order valence-electron chi connectivity index (χ2n) is 5.87. The number of halogens is 1. The molecule has 2 aromatic carbocycles. The highest BCUT2D eigenvalue weighted by atomic mass is 79.9. The van der Waals surface area contributed by atoms with E-state index in [0.717, 1.165) is 10.0 Å². The maximum Gasteiger partial charge on any atom is 0.264 e. The van der Waals surface area contributed by atoms with Crippen molar-refractivity contribution in [2.45, 2.75) is 18.7 Å². The number of anilines is 1. The summed E-state index contributed by atoms with van der Waals surface area (Å²) in [6, 6.07) is 18.6. The van der Waals surface area contributed by atoms with Gasteiger partial charge in [-0.25, -0.2) is 0 Å². The predicted octanol–water partition coefficient (Wildman–Crippen LogP) is 3.97. The van der Waals surface area contributed by atoms with Gasteiger partial charge in [0.1, 0.15) is 16.7 Å². The van der Waals surface area contributed by atoms with Crippen LogP contribution in [-0.2, 0) is 16.1 Å². The van der Waals surface area contributed by atoms with Crippen molar-refractivity contribution in [1.29, 1.82) is 5.26 Å². The molecule has 5 nitrogen and oxygen atoms in total. The van der Waals surface area contributed by atoms with Gasteiger partial charge >= 0.3 is 0 Å². The van der Waals surface area contributed by atoms with Crippen LogP contribution in [0.5, 0.6) is 0 Å². The minimum atomic E-state index is -0.493. The van der Waals surface area contributed by atoms with Gasteiger partial charge in [0.2, 0.25) is 5.91 Å². The molecule has 0 aliphatic carbocycles. The van der Waals surface area contributed by atoms with Gasteiger partial charge in [0, 0.05) is 16.7 Å². The van der Waals surface area contributed by atoms with Crippen LogP contribution in [0.3, 0.4) is 0 Å². The first-order valence-corrected chi connectivity index (χ1v) is 9.91. The van der Waals surface area contributed by atoms with Crippen LogP contribution in [0.1, 0.15) is 12.5 Å². The fourth-order valence-corrected chi connectivity index (χ4v) is 3.98. The van der Waals surface area contributed by atoms with E-state index < -0.39 is 5.91 Å². The number of nitrogens with zero attached hydrogens (tertiary/aromatic N) is 2. The Hall–Kier alpha value is -2.56. The molecule has 1 aliphatic heterocycles. The van der Waals surface area contributed by atoms with Gasteiger partial charge in [0.05, 0.1) is 5.25 Å². The lowest BCUT2D eigenvalue weighted by Crippen LogP contribution is -2.30. The van der Waals surface area contributed by atoms with Gasteiger partial charge in [-0.3, -0.25) is 14.5 Å². The van der Waals surface area contributed by atoms with Crippen LogP contribution in [0.2, 0.25) is 0 Å². The zero-order valence-electron chi connectivity index (χ0n) is 14.5. The molecule has 1 aliphatic rings. The number of amides is 2. The van der Waals surface area contributed by atoms with Crippen molar-refractivity contribution in [2.24, 2.45) is 0 Å². The number of carbonyl (C=O) groups excluding carboxylic acids is 2. The first-order valence-electron chi connectivity index (χ1n) is 8.24. The van der Waals surface area contributed by atoms with Gasteiger partial charge in [0.15, 0.2) is 0 Å². The summed E-state index contributed by atoms with van der Waals surface area (Å²) in [6.07, 6.45) is 0. The quantitative estimate of drug-likeness (QED) is 0.575. The molecule has 1 atom stereocenters. The number of carbonyl (C=O) groups is 2. The summed E-state index contributed by atoms with van der Waals surface area (Å²) in [5.74, 6) is -0.645. The Morgan fingerprint density at radius 2 is 1.89 bits per heavy atom. The molecule has 27 heavy (non-hydrogen) atoms. The fourth-order valence-electron chi connectivity index (χ4n) is 2.62. The minimum Gasteiger partial charge on any atom is -0.347 e. The molecule has 0 spiro atoms. The Balaban J connectivity index is 1.91. The molecule has 0 bridgehead atoms. The smallest absolute Gasteiger partial charge is 0.264 e. The van der Waals surface area contributed by atoms with E-state index in [1.165, 1.54) is 16.7 Å². The molecule has 2 aromatic rings. The number of hydrogen-bond donors (Lipinski definition) is 1. The molecule has 1 fully saturated rings. The normalized spacial score (nSPS) is 18.2. The fraction of sp³-hybridized carbons (Fsp3) is 0.150. The number of nitriles is 1. The molecule has 0 radical (unpaired) electrons. The van der Waals surface area contributed by atoms with Crippen molar-refractivity contribution < 1.29 is 9.59 Å². The second kappa shape index (κ2) is 8.42. The second-order valence-corrected chi connectivity index (χ2v) is 8.12. The number of benzene rings is 2. The Morgan fingerprint density at radius 1 is 1.22 bits per heavy atom. The maximum atomic E-state index is 12.6. The molecule has 1 N–H and O–H groups in total. The number of hydrogen-bond acceptors (Lipinski definition) is 4. The van der Waals surface area contributed by atoms with E-state index in [1.54, 1.807) is 19.1 Å². The SMILES string of the molecule is CC1S/C(=C(/C#N)C(=O)NCc2ccccc2)N(c2ccc(Br)cc2)C1=O. The Kier molecular flexibility index (Phi) is 5.99. The van der Waals surface area contributed by atoms with Crippen LogP contribution in [0.25, 0.3) is 0 Å². The van der Waals surface area contributed by atoms with Crippen LogP contribution in [-0.4, -0.2) is 17.1 Å². The molecule has 7 heteroatoms. The van der Waals surface area contributed by atoms with Crippen molar-refractivity contribution in [1.82, 2.24) is 5.32 Å². The van der Waals surface area contributed by atoms with Gasteiger partial charge in [-0.1, -0.05) is 58.0 Å². The summed E-state index contributed by atoms with van der Waals surface area (Å²) in [7, 11) is 0. The maximum absolute atomic E-state index is 12.6. The van der Waals surface area contributed by atoms with Gasteiger partial charge in [-0.2, -0.15) is 5.26 Å². The minimum absolute atomic E-state index is 0.0588. The highest BCUT2D eigenvalue weighted by Crippen LogP contribution is 2.40. The molecular weight excluding hydrogens is 426 g/mol. The Morgan fingerprint density at radius 3 is 2.52 bits per heavy atom. The highest BCUT2D eigenvalue weighted by Gasteiger charge is 2.38. The van der Waals surface area contributed by atoms with Crippen molar-refractivity contribution in [3.05, 3.63) is 75.2 Å². The standard InChI is InChI=1S/C20H16BrN3O2S/c1-13-19(26)24(16-9-7-15(21)8-10-16)20(27-13)17(11-22)18(25)23-12-14-5-3-2-4-6-14/h2-10,13H,12H2,1H3,(H,23,25)/b20-17-. The summed E-state index contributed by atoms with van der Waals surface area (Å²) in [6.45, 7) is 2.08. The highest BCUT2D eigenvalue weighted by molar-refractivity contribution is 9.10. The monoisotopic (exact) mass is 441 g/mol. The zero-order valence-corrected chi connectivity index (χ0v) is 16.9. The van der Waals surface area contributed by atoms with E-state index in [4.69, 9.17) is 0 Å². The molecule has 0 saturated carbocycles. The van der Waals surface area contributed by atoms with E-state index in [1.807, 2.05) is 48.5 Å². The predicted molar refractivity (Wildman–Crippen MR) is 110 cm³/mol. The van der Waals surface area contributed by atoms with Crippen molar-refractivity contribution in [3.63, 3.8) is 0 Å². The van der Waals surface area contributed by atoms with Crippen LogP contribution >= 0.6 is 27.7 Å². The number of rotatable bonds is 4. The van der Waals surface area contributed by atoms with Gasteiger partial charge in [-0.15, -0.1) is 0 Å². The Labute approximate surface area is 170 Å². The third-order valence-electron chi connectivity index (χ3n) is 3.99. The van der Waals surface area contributed by atoms with Crippen LogP contribution < -0.4 is 10.2 Å². The molecular formula is C20H16BrN3O2S. The van der Waals surface area contributed by atoms with Gasteiger partial charge in [0.25, 0.3) is 5.91 Å². The molecule has 1 heterocycles. The molecule has 136 valence electrons. The molecule has 1 unspecified atom stereocenters. The van der Waals surface area contributed by atoms with Gasteiger partial charge < -0.3 is 5.32 Å². The average Bonchev–Trinajstić information content (AvgIpc) is 2.97. The third-order valence-corrected chi connectivity index (χ3v) is 5.69. The first-order chi connectivity index (χ1) is 13.0. The van der Waals surface area contributed by atoms with Gasteiger partial charge in [-0.05, 0) is 36.8 Å². The molecule has 2 amide bonds. The molecule has 3 rings (SSSR count). The summed E-state index contributed by atoms with van der Waals surface area (Å²) in [5, 5.41) is 12.4. The van der Waals surface area contributed by atoms with Crippen LogP contribution in [0, 0.1) is 11.3 Å². The lowest BCUT2D eigenvalue weighted by atomic mass is 10.2. The van der Waals surface area contributed by atoms with Crippen molar-refractivity contribution >= 4 is 45.2 Å². The van der Waals surface area contributed by atoms with E-state index in [2.05, 4.69) is 21.2 Å². The van der Waals surface area contributed by atoms with Crippen molar-refractivity contribution in [3.8, 4) is 6.07 Å². The van der Waals surface area contributed by atoms with Crippen LogP contribution in [0.4, 0.5) is 5.69 Å². The number of thioether (sulfide) groups is 1. The average molecular weight is 442 g/mol. The summed E-state index contributed by atoms with van der Waals surface area (Å²) >= 11 is 4.59. The van der Waals surface area contributed by atoms with Crippen LogP contribution in [0.15, 0.2) is 69.7 Å². The molecule has 1 saturated heterocycles. The lowest BCUT2D eigenvalue weighted by molar-refractivity contribution is -0.117. The zero-order chi connectivity index (χ0) is 19.4. The Bertz CT molecular complexity index is 936. The molecule has 0 aromatic heterocycles. The van der Waals surface area contributed by atoms with E-state index in [0.29, 0.717) is 17.3 Å². The van der Waals surface area contributed by atoms with E-state index in [-0.39, 0.29) is 16.7 Å². The van der Waals surface area contributed by atoms with E-state index >= 15 is 0 Å². The summed E-state index contributed by atoms with van der Waals surface area (Å²) in [5.41, 5.74) is 1.50. The largest absolute Gasteiger partial charge is 0.347 e. The first kappa shape index (κ1) is 19.2. The summed E-state index contributed by atoms with van der Waals surface area (Å²) < 4.78 is 0.880. The van der Waals surface area contributed by atoms with Crippen molar-refractivity contribution in [2.75, 3.05) is 4.90 Å². The summed E-state index contributed by atoms with van der Waals surface area (Å²) in [4.78, 5) is 26.7. The van der Waals surface area contributed by atoms with E-state index in [9.17, 15) is 14.9 Å². The topological polar surface area (TPSA) is 73.2 Å². The third kappa shape index (κ3) is 4.24. The number of nitrogens with one attached hydrogen (secondary N) is 1.